The molecule has 0 aliphatic heterocycles. The molecule has 0 fully saturated rings. The second-order valence-corrected chi connectivity index (χ2v) is 8.52. The Bertz CT molecular complexity index is 1380. The molecule has 0 bridgehead atoms. The van der Waals surface area contributed by atoms with Crippen LogP contribution in [0.5, 0.6) is 5.75 Å². The molecule has 0 saturated carbocycles. The van der Waals surface area contributed by atoms with Gasteiger partial charge in [-0.1, -0.05) is 36.4 Å². The van der Waals surface area contributed by atoms with Crippen molar-refractivity contribution in [3.05, 3.63) is 86.1 Å². The van der Waals surface area contributed by atoms with E-state index in [1.807, 2.05) is 43.3 Å². The standard InChI is InChI=1S/C26H31N5O5/c1-5-30-25(34)23(24(27)31(26(30)35)15-18-9-7-6-8-10-18)20(32)14-28-19-12-11-17(2)13-21(19)36-16-22(33)29(3)4/h6-13,28H,5,14-16,27H2,1-4H3. The van der Waals surface area contributed by atoms with Crippen molar-refractivity contribution >= 4 is 23.2 Å². The van der Waals surface area contributed by atoms with Gasteiger partial charge < -0.3 is 20.7 Å². The Balaban J connectivity index is 1.90. The second-order valence-electron chi connectivity index (χ2n) is 8.52. The molecule has 3 N–H and O–H groups in total. The van der Waals surface area contributed by atoms with Crippen molar-refractivity contribution in [1.82, 2.24) is 14.0 Å². The van der Waals surface area contributed by atoms with E-state index in [2.05, 4.69) is 5.32 Å². The predicted molar refractivity (Wildman–Crippen MR) is 139 cm³/mol. The number of rotatable bonds is 10. The summed E-state index contributed by atoms with van der Waals surface area (Å²) in [4.78, 5) is 52.5. The number of ketones is 1. The van der Waals surface area contributed by atoms with E-state index in [4.69, 9.17) is 10.5 Å². The normalized spacial score (nSPS) is 10.7. The van der Waals surface area contributed by atoms with Crippen LogP contribution in [0, 0.1) is 6.92 Å². The Morgan fingerprint density at radius 1 is 1.06 bits per heavy atom. The molecule has 190 valence electrons. The number of hydrogen-bond acceptors (Lipinski definition) is 7. The first kappa shape index (κ1) is 26.3. The van der Waals surface area contributed by atoms with Gasteiger partial charge in [0, 0.05) is 20.6 Å². The van der Waals surface area contributed by atoms with Gasteiger partial charge in [-0.2, -0.15) is 0 Å². The number of carbonyl (C=O) groups is 2. The largest absolute Gasteiger partial charge is 0.482 e. The number of aryl methyl sites for hydroxylation is 1. The molecule has 3 aromatic rings. The lowest BCUT2D eigenvalue weighted by Gasteiger charge is -2.17. The number of benzene rings is 2. The van der Waals surface area contributed by atoms with E-state index in [1.54, 1.807) is 33.2 Å². The highest BCUT2D eigenvalue weighted by Crippen LogP contribution is 2.26. The van der Waals surface area contributed by atoms with Crippen LogP contribution in [-0.2, 0) is 17.9 Å². The monoisotopic (exact) mass is 493 g/mol. The third kappa shape index (κ3) is 5.83. The molecule has 10 nitrogen and oxygen atoms in total. The topological polar surface area (TPSA) is 129 Å². The van der Waals surface area contributed by atoms with Gasteiger partial charge in [-0.05, 0) is 37.1 Å². The van der Waals surface area contributed by atoms with Crippen LogP contribution in [0.1, 0.15) is 28.4 Å². The van der Waals surface area contributed by atoms with Gasteiger partial charge in [0.15, 0.2) is 12.4 Å². The summed E-state index contributed by atoms with van der Waals surface area (Å²) < 4.78 is 7.90. The summed E-state index contributed by atoms with van der Waals surface area (Å²) in [6, 6.07) is 14.5. The molecule has 0 spiro atoms. The van der Waals surface area contributed by atoms with Crippen LogP contribution in [0.2, 0.25) is 0 Å². The van der Waals surface area contributed by atoms with Gasteiger partial charge in [0.05, 0.1) is 18.8 Å². The van der Waals surface area contributed by atoms with E-state index in [0.29, 0.717) is 11.4 Å². The summed E-state index contributed by atoms with van der Waals surface area (Å²) in [5.74, 6) is -0.571. The molecule has 0 atom stereocenters. The number of nitrogens with one attached hydrogen (secondary N) is 1. The summed E-state index contributed by atoms with van der Waals surface area (Å²) in [6.07, 6.45) is 0. The summed E-state index contributed by atoms with van der Waals surface area (Å²) >= 11 is 0. The number of hydrogen-bond donors (Lipinski definition) is 2. The van der Waals surface area contributed by atoms with Crippen LogP contribution < -0.4 is 27.0 Å². The van der Waals surface area contributed by atoms with Crippen molar-refractivity contribution in [2.24, 2.45) is 0 Å². The van der Waals surface area contributed by atoms with E-state index in [1.165, 1.54) is 9.47 Å². The summed E-state index contributed by atoms with van der Waals surface area (Å²) in [5.41, 5.74) is 6.85. The molecule has 0 aliphatic rings. The number of nitrogens with two attached hydrogens (primary N) is 1. The molecular formula is C26H31N5O5. The summed E-state index contributed by atoms with van der Waals surface area (Å²) in [6.45, 7) is 3.31. The fourth-order valence-corrected chi connectivity index (χ4v) is 3.60. The quantitative estimate of drug-likeness (QED) is 0.412. The first-order chi connectivity index (χ1) is 17.1. The number of amides is 1. The Morgan fingerprint density at radius 3 is 2.39 bits per heavy atom. The number of nitrogens with zero attached hydrogens (tertiary/aromatic N) is 3. The lowest BCUT2D eigenvalue weighted by molar-refractivity contribution is -0.130. The molecule has 1 aromatic heterocycles. The van der Waals surface area contributed by atoms with E-state index < -0.39 is 17.0 Å². The van der Waals surface area contributed by atoms with Crippen molar-refractivity contribution in [3.63, 3.8) is 0 Å². The van der Waals surface area contributed by atoms with E-state index in [9.17, 15) is 19.2 Å². The van der Waals surface area contributed by atoms with E-state index in [-0.39, 0.29) is 43.5 Å². The fraction of sp³-hybridized carbons (Fsp3) is 0.308. The van der Waals surface area contributed by atoms with Crippen LogP contribution in [0.4, 0.5) is 11.5 Å². The number of likely N-dealkylation sites (N-methyl/N-ethyl adjacent to an activating group) is 1. The molecule has 0 aliphatic carbocycles. The Labute approximate surface area is 208 Å². The third-order valence-corrected chi connectivity index (χ3v) is 5.67. The highest BCUT2D eigenvalue weighted by atomic mass is 16.5. The minimum Gasteiger partial charge on any atom is -0.482 e. The predicted octanol–water partition coefficient (Wildman–Crippen LogP) is 1.73. The number of aromatic nitrogens is 2. The average molecular weight is 494 g/mol. The minimum absolute atomic E-state index is 0.0936. The smallest absolute Gasteiger partial charge is 0.332 e. The van der Waals surface area contributed by atoms with E-state index >= 15 is 0 Å². The van der Waals surface area contributed by atoms with Gasteiger partial charge >= 0.3 is 5.69 Å². The number of anilines is 2. The zero-order chi connectivity index (χ0) is 26.4. The second kappa shape index (κ2) is 11.4. The molecule has 2 aromatic carbocycles. The van der Waals surface area contributed by atoms with Gasteiger partial charge in [0.1, 0.15) is 17.1 Å². The maximum atomic E-state index is 13.2. The highest BCUT2D eigenvalue weighted by molar-refractivity contribution is 6.02. The number of Topliss-reactive ketones (excluding diaryl/α,β-unsaturated/α-hetero) is 1. The van der Waals surface area contributed by atoms with Gasteiger partial charge in [0.2, 0.25) is 0 Å². The first-order valence-corrected chi connectivity index (χ1v) is 11.5. The van der Waals surface area contributed by atoms with Crippen molar-refractivity contribution in [3.8, 4) is 5.75 Å². The summed E-state index contributed by atoms with van der Waals surface area (Å²) in [7, 11) is 3.26. The molecule has 3 rings (SSSR count). The van der Waals surface area contributed by atoms with Gasteiger partial charge in [-0.25, -0.2) is 4.79 Å². The van der Waals surface area contributed by atoms with E-state index in [0.717, 1.165) is 15.7 Å². The zero-order valence-corrected chi connectivity index (χ0v) is 20.9. The van der Waals surface area contributed by atoms with Crippen LogP contribution in [-0.4, -0.2) is 53.0 Å². The zero-order valence-electron chi connectivity index (χ0n) is 20.9. The van der Waals surface area contributed by atoms with Gasteiger partial charge in [-0.3, -0.25) is 23.5 Å². The molecular weight excluding hydrogens is 462 g/mol. The lowest BCUT2D eigenvalue weighted by atomic mass is 10.1. The SMILES string of the molecule is CCn1c(=O)c(C(=O)CNc2ccc(C)cc2OCC(=O)N(C)C)c(N)n(Cc2ccccc2)c1=O. The molecule has 36 heavy (non-hydrogen) atoms. The van der Waals surface area contributed by atoms with Gasteiger partial charge in [-0.15, -0.1) is 0 Å². The molecule has 0 saturated heterocycles. The number of ether oxygens (including phenoxy) is 1. The Hall–Kier alpha value is -4.34. The summed E-state index contributed by atoms with van der Waals surface area (Å²) in [5, 5.41) is 2.98. The van der Waals surface area contributed by atoms with Crippen LogP contribution in [0.25, 0.3) is 0 Å². The van der Waals surface area contributed by atoms with Crippen LogP contribution >= 0.6 is 0 Å². The molecule has 10 heteroatoms. The lowest BCUT2D eigenvalue weighted by Crippen LogP contribution is -2.44. The molecule has 1 heterocycles. The fourth-order valence-electron chi connectivity index (χ4n) is 3.60. The molecule has 1 amide bonds. The Kier molecular flexibility index (Phi) is 8.31. The maximum Gasteiger partial charge on any atom is 0.332 e. The van der Waals surface area contributed by atoms with Crippen molar-refractivity contribution in [2.75, 3.05) is 38.3 Å². The van der Waals surface area contributed by atoms with Crippen molar-refractivity contribution < 1.29 is 14.3 Å². The molecule has 0 unspecified atom stereocenters. The van der Waals surface area contributed by atoms with Gasteiger partial charge in [0.25, 0.3) is 11.5 Å². The van der Waals surface area contributed by atoms with Crippen LogP contribution in [0.15, 0.2) is 58.1 Å². The highest BCUT2D eigenvalue weighted by Gasteiger charge is 2.22. The third-order valence-electron chi connectivity index (χ3n) is 5.67. The Morgan fingerprint density at radius 2 is 1.75 bits per heavy atom. The van der Waals surface area contributed by atoms with Crippen molar-refractivity contribution in [2.45, 2.75) is 26.9 Å². The number of carbonyl (C=O) groups excluding carboxylic acids is 2. The first-order valence-electron chi connectivity index (χ1n) is 11.5. The van der Waals surface area contributed by atoms with Crippen molar-refractivity contribution in [1.29, 1.82) is 0 Å². The minimum atomic E-state index is -0.729. The molecule has 0 radical (unpaired) electrons. The maximum absolute atomic E-state index is 13.2. The average Bonchev–Trinajstić information content (AvgIpc) is 2.85. The van der Waals surface area contributed by atoms with Crippen LogP contribution in [0.3, 0.4) is 0 Å². The number of nitrogen functional groups attached to an aromatic ring is 1.